The van der Waals surface area contributed by atoms with Crippen LogP contribution in [0.25, 0.3) is 0 Å². The van der Waals surface area contributed by atoms with E-state index in [0.29, 0.717) is 0 Å². The van der Waals surface area contributed by atoms with E-state index in [0.717, 1.165) is 39.0 Å². The zero-order valence-corrected chi connectivity index (χ0v) is 12.0. The zero-order chi connectivity index (χ0) is 12.5. The quantitative estimate of drug-likeness (QED) is 0.651. The van der Waals surface area contributed by atoms with Gasteiger partial charge in [-0.3, -0.25) is 4.90 Å². The molecule has 1 fully saturated rings. The van der Waals surface area contributed by atoms with Crippen molar-refractivity contribution in [2.24, 2.45) is 0 Å². The number of hydrogen-bond donors (Lipinski definition) is 0. The number of nitriles is 1. The predicted molar refractivity (Wildman–Crippen MR) is 75.3 cm³/mol. The molecule has 0 radical (unpaired) electrons. The van der Waals surface area contributed by atoms with Gasteiger partial charge < -0.3 is 4.90 Å². The lowest BCUT2D eigenvalue weighted by atomic mass is 10.1. The molecular formula is C13H25N3S. The molecule has 1 unspecified atom stereocenters. The molecule has 1 saturated heterocycles. The Morgan fingerprint density at radius 3 is 2.53 bits per heavy atom. The average Bonchev–Trinajstić information content (AvgIpc) is 2.37. The highest BCUT2D eigenvalue weighted by Gasteiger charge is 2.22. The molecule has 1 aliphatic rings. The SMILES string of the molecule is CCCC(C#N)N1CCN(CCCSC)CC1. The molecule has 1 aliphatic heterocycles. The van der Waals surface area contributed by atoms with Crippen molar-refractivity contribution in [2.75, 3.05) is 44.7 Å². The van der Waals surface area contributed by atoms with Crippen LogP contribution in [-0.2, 0) is 0 Å². The molecule has 0 aromatic carbocycles. The van der Waals surface area contributed by atoms with E-state index in [9.17, 15) is 0 Å². The first-order valence-corrected chi connectivity index (χ1v) is 8.06. The molecule has 0 aromatic heterocycles. The summed E-state index contributed by atoms with van der Waals surface area (Å²) in [7, 11) is 0. The largest absolute Gasteiger partial charge is 0.301 e. The third kappa shape index (κ3) is 5.29. The van der Waals surface area contributed by atoms with Crippen LogP contribution in [0.3, 0.4) is 0 Å². The lowest BCUT2D eigenvalue weighted by Gasteiger charge is -2.36. The number of thioether (sulfide) groups is 1. The Kier molecular flexibility index (Phi) is 7.67. The van der Waals surface area contributed by atoms with Crippen molar-refractivity contribution in [3.63, 3.8) is 0 Å². The smallest absolute Gasteiger partial charge is 0.0978 e. The van der Waals surface area contributed by atoms with E-state index in [2.05, 4.69) is 29.0 Å². The van der Waals surface area contributed by atoms with Crippen molar-refractivity contribution in [3.8, 4) is 6.07 Å². The van der Waals surface area contributed by atoms with Gasteiger partial charge in [0.05, 0.1) is 12.1 Å². The van der Waals surface area contributed by atoms with Gasteiger partial charge in [-0.05, 0) is 31.4 Å². The molecule has 1 heterocycles. The van der Waals surface area contributed by atoms with Crippen LogP contribution in [-0.4, -0.2) is 60.6 Å². The molecule has 0 spiro atoms. The number of rotatable bonds is 7. The van der Waals surface area contributed by atoms with Crippen LogP contribution in [0.1, 0.15) is 26.2 Å². The van der Waals surface area contributed by atoms with Crippen molar-refractivity contribution in [1.82, 2.24) is 9.80 Å². The van der Waals surface area contributed by atoms with Crippen molar-refractivity contribution in [2.45, 2.75) is 32.2 Å². The van der Waals surface area contributed by atoms with Crippen LogP contribution in [0, 0.1) is 11.3 Å². The first-order chi connectivity index (χ1) is 8.31. The third-order valence-corrected chi connectivity index (χ3v) is 4.08. The van der Waals surface area contributed by atoms with Crippen LogP contribution in [0.2, 0.25) is 0 Å². The summed E-state index contributed by atoms with van der Waals surface area (Å²) in [6.45, 7) is 7.78. The van der Waals surface area contributed by atoms with E-state index in [1.807, 2.05) is 11.8 Å². The summed E-state index contributed by atoms with van der Waals surface area (Å²) in [6, 6.07) is 2.59. The number of nitrogens with zero attached hydrogens (tertiary/aromatic N) is 3. The number of piperazine rings is 1. The van der Waals surface area contributed by atoms with Crippen molar-refractivity contribution < 1.29 is 0 Å². The summed E-state index contributed by atoms with van der Waals surface area (Å²) in [5, 5.41) is 9.14. The maximum atomic E-state index is 9.14. The van der Waals surface area contributed by atoms with E-state index in [1.165, 1.54) is 18.7 Å². The Bertz CT molecular complexity index is 231. The van der Waals surface area contributed by atoms with Gasteiger partial charge in [0.15, 0.2) is 0 Å². The van der Waals surface area contributed by atoms with E-state index in [1.54, 1.807) is 0 Å². The van der Waals surface area contributed by atoms with Crippen LogP contribution < -0.4 is 0 Å². The van der Waals surface area contributed by atoms with Crippen LogP contribution in [0.5, 0.6) is 0 Å². The highest BCUT2D eigenvalue weighted by atomic mass is 32.2. The molecule has 3 nitrogen and oxygen atoms in total. The summed E-state index contributed by atoms with van der Waals surface area (Å²) >= 11 is 1.93. The first-order valence-electron chi connectivity index (χ1n) is 6.66. The Labute approximate surface area is 110 Å². The van der Waals surface area contributed by atoms with Gasteiger partial charge >= 0.3 is 0 Å². The second-order valence-electron chi connectivity index (χ2n) is 4.66. The van der Waals surface area contributed by atoms with Crippen molar-refractivity contribution >= 4 is 11.8 Å². The minimum Gasteiger partial charge on any atom is -0.301 e. The molecule has 0 bridgehead atoms. The molecule has 0 aliphatic carbocycles. The van der Waals surface area contributed by atoms with Gasteiger partial charge in [0.2, 0.25) is 0 Å². The molecule has 0 aromatic rings. The Hall–Kier alpha value is -0.240. The average molecular weight is 255 g/mol. The first kappa shape index (κ1) is 14.8. The maximum Gasteiger partial charge on any atom is 0.0978 e. The fourth-order valence-corrected chi connectivity index (χ4v) is 2.75. The molecule has 1 atom stereocenters. The Balaban J connectivity index is 2.23. The molecular weight excluding hydrogens is 230 g/mol. The third-order valence-electron chi connectivity index (χ3n) is 3.38. The zero-order valence-electron chi connectivity index (χ0n) is 11.2. The van der Waals surface area contributed by atoms with Crippen molar-refractivity contribution in [3.05, 3.63) is 0 Å². The van der Waals surface area contributed by atoms with Gasteiger partial charge in [-0.1, -0.05) is 13.3 Å². The highest BCUT2D eigenvalue weighted by Crippen LogP contribution is 2.11. The van der Waals surface area contributed by atoms with E-state index < -0.39 is 0 Å². The predicted octanol–water partition coefficient (Wildman–Crippen LogP) is 2.05. The number of hydrogen-bond acceptors (Lipinski definition) is 4. The lowest BCUT2D eigenvalue weighted by Crippen LogP contribution is -2.50. The highest BCUT2D eigenvalue weighted by molar-refractivity contribution is 7.98. The molecule has 4 heteroatoms. The van der Waals surface area contributed by atoms with Gasteiger partial charge in [0.25, 0.3) is 0 Å². The molecule has 17 heavy (non-hydrogen) atoms. The van der Waals surface area contributed by atoms with Crippen LogP contribution in [0.15, 0.2) is 0 Å². The Morgan fingerprint density at radius 2 is 2.00 bits per heavy atom. The van der Waals surface area contributed by atoms with Crippen molar-refractivity contribution in [1.29, 1.82) is 5.26 Å². The normalized spacial score (nSPS) is 20.1. The second kappa shape index (κ2) is 8.79. The second-order valence-corrected chi connectivity index (χ2v) is 5.64. The molecule has 0 amide bonds. The van der Waals surface area contributed by atoms with E-state index in [-0.39, 0.29) is 6.04 Å². The van der Waals surface area contributed by atoms with Gasteiger partial charge in [-0.15, -0.1) is 0 Å². The summed E-state index contributed by atoms with van der Waals surface area (Å²) in [5.74, 6) is 1.26. The minimum atomic E-state index is 0.147. The summed E-state index contributed by atoms with van der Waals surface area (Å²) in [6.07, 6.45) is 5.58. The summed E-state index contributed by atoms with van der Waals surface area (Å²) in [4.78, 5) is 4.89. The summed E-state index contributed by atoms with van der Waals surface area (Å²) in [5.41, 5.74) is 0. The van der Waals surface area contributed by atoms with Gasteiger partial charge in [0.1, 0.15) is 0 Å². The van der Waals surface area contributed by atoms with E-state index >= 15 is 0 Å². The molecule has 1 rings (SSSR count). The summed E-state index contributed by atoms with van der Waals surface area (Å²) < 4.78 is 0. The monoisotopic (exact) mass is 255 g/mol. The van der Waals surface area contributed by atoms with E-state index in [4.69, 9.17) is 5.26 Å². The minimum absolute atomic E-state index is 0.147. The maximum absolute atomic E-state index is 9.14. The lowest BCUT2D eigenvalue weighted by molar-refractivity contribution is 0.111. The molecule has 98 valence electrons. The van der Waals surface area contributed by atoms with Crippen LogP contribution >= 0.6 is 11.8 Å². The fraction of sp³-hybridized carbons (Fsp3) is 0.923. The topological polar surface area (TPSA) is 30.3 Å². The Morgan fingerprint density at radius 1 is 1.29 bits per heavy atom. The van der Waals surface area contributed by atoms with Crippen LogP contribution in [0.4, 0.5) is 0 Å². The van der Waals surface area contributed by atoms with Gasteiger partial charge in [0, 0.05) is 26.2 Å². The standard InChI is InChI=1S/C13H25N3S/c1-3-5-13(12-14)16-9-7-15(8-10-16)6-4-11-17-2/h13H,3-11H2,1-2H3. The van der Waals surface area contributed by atoms with Gasteiger partial charge in [-0.25, -0.2) is 0 Å². The molecule has 0 saturated carbocycles. The fourth-order valence-electron chi connectivity index (χ4n) is 2.33. The molecule has 0 N–H and O–H groups in total. The van der Waals surface area contributed by atoms with Gasteiger partial charge in [-0.2, -0.15) is 17.0 Å².